The molecule has 1 aliphatic heterocycles. The van der Waals surface area contributed by atoms with Crippen LogP contribution in [0.3, 0.4) is 0 Å². The highest BCUT2D eigenvalue weighted by atomic mass is 32.2. The van der Waals surface area contributed by atoms with Crippen LogP contribution < -0.4 is 9.47 Å². The summed E-state index contributed by atoms with van der Waals surface area (Å²) in [6.45, 7) is 0. The summed E-state index contributed by atoms with van der Waals surface area (Å²) in [5, 5.41) is 29.2. The van der Waals surface area contributed by atoms with E-state index in [-0.39, 0.29) is 0 Å². The number of methoxy groups -OCH3 is 1. The van der Waals surface area contributed by atoms with Gasteiger partial charge in [0.15, 0.2) is 5.44 Å². The Morgan fingerprint density at radius 1 is 1.08 bits per heavy atom. The van der Waals surface area contributed by atoms with Crippen molar-refractivity contribution in [2.24, 2.45) is 0 Å². The van der Waals surface area contributed by atoms with Gasteiger partial charge in [0.1, 0.15) is 23.7 Å². The van der Waals surface area contributed by atoms with Gasteiger partial charge in [-0.05, 0) is 18.2 Å². The molecule has 0 unspecified atom stereocenters. The van der Waals surface area contributed by atoms with Crippen LogP contribution in [0.4, 0.5) is 0 Å². The van der Waals surface area contributed by atoms with E-state index in [2.05, 4.69) is 9.97 Å². The number of rotatable bonds is 4. The molecule has 3 heterocycles. The van der Waals surface area contributed by atoms with Crippen LogP contribution in [-0.2, 0) is 0 Å². The van der Waals surface area contributed by atoms with Gasteiger partial charge in [-0.1, -0.05) is 0 Å². The molecule has 0 spiro atoms. The minimum atomic E-state index is -1.22. The molecule has 4 atom stereocenters. The standard InChI is InChI=1S/C16H18N2O5S/c1-22-11-4-9(5-17-6-11)12-3-2-10(7-18-12)23-16-15(21)14(20)13(19)8-24-16/h2-7,13-16,19-21H,8H2,1H3/t13-,14+,15-,16-/m1/s1. The second-order valence-electron chi connectivity index (χ2n) is 5.36. The van der Waals surface area contributed by atoms with Crippen LogP contribution in [-0.4, -0.2) is 61.9 Å². The van der Waals surface area contributed by atoms with Gasteiger partial charge in [-0.2, -0.15) is 0 Å². The first-order valence-electron chi connectivity index (χ1n) is 7.36. The van der Waals surface area contributed by atoms with Gasteiger partial charge in [0.05, 0.1) is 31.3 Å². The smallest absolute Gasteiger partial charge is 0.173 e. The average Bonchev–Trinajstić information content (AvgIpc) is 2.63. The molecule has 128 valence electrons. The van der Waals surface area contributed by atoms with Crippen LogP contribution in [0.2, 0.25) is 0 Å². The Bertz CT molecular complexity index is 684. The topological polar surface area (TPSA) is 105 Å². The van der Waals surface area contributed by atoms with E-state index >= 15 is 0 Å². The molecule has 8 heteroatoms. The van der Waals surface area contributed by atoms with Crippen molar-refractivity contribution in [2.75, 3.05) is 12.9 Å². The minimum Gasteiger partial charge on any atom is -0.495 e. The van der Waals surface area contributed by atoms with Gasteiger partial charge in [0.2, 0.25) is 0 Å². The lowest BCUT2D eigenvalue weighted by atomic mass is 10.1. The Morgan fingerprint density at radius 3 is 2.62 bits per heavy atom. The van der Waals surface area contributed by atoms with Gasteiger partial charge in [-0.3, -0.25) is 9.97 Å². The maximum Gasteiger partial charge on any atom is 0.173 e. The average molecular weight is 350 g/mol. The first-order valence-corrected chi connectivity index (χ1v) is 8.41. The molecule has 0 aromatic carbocycles. The Hall–Kier alpha value is -1.87. The molecule has 0 saturated carbocycles. The Kier molecular flexibility index (Phi) is 5.20. The number of thioether (sulfide) groups is 1. The van der Waals surface area contributed by atoms with E-state index < -0.39 is 23.7 Å². The van der Waals surface area contributed by atoms with Crippen LogP contribution >= 0.6 is 11.8 Å². The minimum absolute atomic E-state index is 0.296. The van der Waals surface area contributed by atoms with Crippen LogP contribution in [0.15, 0.2) is 36.8 Å². The third-order valence-corrected chi connectivity index (χ3v) is 4.93. The quantitative estimate of drug-likeness (QED) is 0.740. The van der Waals surface area contributed by atoms with E-state index in [0.717, 1.165) is 5.56 Å². The SMILES string of the molecule is COc1cncc(-c2ccc(O[C@@H]3SC[C@@H](O)[C@H](O)[C@H]3O)cn2)c1. The van der Waals surface area contributed by atoms with Gasteiger partial charge in [0, 0.05) is 17.5 Å². The van der Waals surface area contributed by atoms with Crippen LogP contribution in [0.25, 0.3) is 11.3 Å². The van der Waals surface area contributed by atoms with Gasteiger partial charge < -0.3 is 24.8 Å². The first-order chi connectivity index (χ1) is 11.6. The summed E-state index contributed by atoms with van der Waals surface area (Å²) < 4.78 is 10.8. The molecule has 0 aliphatic carbocycles. The zero-order chi connectivity index (χ0) is 17.1. The van der Waals surface area contributed by atoms with Gasteiger partial charge in [-0.25, -0.2) is 0 Å². The summed E-state index contributed by atoms with van der Waals surface area (Å²) in [7, 11) is 1.57. The number of pyridine rings is 2. The van der Waals surface area contributed by atoms with Crippen LogP contribution in [0.1, 0.15) is 0 Å². The Morgan fingerprint density at radius 2 is 1.92 bits per heavy atom. The molecule has 1 aliphatic rings. The van der Waals surface area contributed by atoms with Crippen molar-refractivity contribution < 1.29 is 24.8 Å². The Labute approximate surface area is 143 Å². The van der Waals surface area contributed by atoms with Crippen molar-refractivity contribution in [1.82, 2.24) is 9.97 Å². The van der Waals surface area contributed by atoms with E-state index in [4.69, 9.17) is 9.47 Å². The largest absolute Gasteiger partial charge is 0.495 e. The fourth-order valence-corrected chi connectivity index (χ4v) is 3.43. The molecule has 7 nitrogen and oxygen atoms in total. The van der Waals surface area contributed by atoms with E-state index in [1.54, 1.807) is 37.8 Å². The van der Waals surface area contributed by atoms with Crippen LogP contribution in [0, 0.1) is 0 Å². The third-order valence-electron chi connectivity index (χ3n) is 3.69. The van der Waals surface area contributed by atoms with Crippen molar-refractivity contribution in [1.29, 1.82) is 0 Å². The molecule has 3 rings (SSSR count). The van der Waals surface area contributed by atoms with Crippen molar-refractivity contribution in [3.8, 4) is 22.8 Å². The number of nitrogens with zero attached hydrogens (tertiary/aromatic N) is 2. The fraction of sp³-hybridized carbons (Fsp3) is 0.375. The van der Waals surface area contributed by atoms with Gasteiger partial charge in [-0.15, -0.1) is 11.8 Å². The molecule has 1 saturated heterocycles. The maximum atomic E-state index is 9.96. The van der Waals surface area contributed by atoms with Gasteiger partial charge >= 0.3 is 0 Å². The van der Waals surface area contributed by atoms with Crippen molar-refractivity contribution in [3.63, 3.8) is 0 Å². The molecular weight excluding hydrogens is 332 g/mol. The highest BCUT2D eigenvalue weighted by Gasteiger charge is 2.38. The summed E-state index contributed by atoms with van der Waals surface area (Å²) in [5.74, 6) is 1.41. The highest BCUT2D eigenvalue weighted by Crippen LogP contribution is 2.29. The second-order valence-corrected chi connectivity index (χ2v) is 6.49. The number of hydrogen-bond acceptors (Lipinski definition) is 8. The summed E-state index contributed by atoms with van der Waals surface area (Å²) >= 11 is 1.25. The lowest BCUT2D eigenvalue weighted by molar-refractivity contribution is -0.0786. The zero-order valence-corrected chi connectivity index (χ0v) is 13.8. The predicted octanol–water partition coefficient (Wildman–Crippen LogP) is 0.687. The lowest BCUT2D eigenvalue weighted by Crippen LogP contribution is -2.50. The van der Waals surface area contributed by atoms with Crippen molar-refractivity contribution in [2.45, 2.75) is 23.7 Å². The maximum absolute atomic E-state index is 9.96. The van der Waals surface area contributed by atoms with Gasteiger partial charge in [0.25, 0.3) is 0 Å². The summed E-state index contributed by atoms with van der Waals surface area (Å²) in [5.41, 5.74) is 0.863. The number of aliphatic hydroxyl groups excluding tert-OH is 3. The first kappa shape index (κ1) is 17.0. The second kappa shape index (κ2) is 7.35. The number of hydrogen-bond donors (Lipinski definition) is 3. The van der Waals surface area contributed by atoms with Crippen molar-refractivity contribution in [3.05, 3.63) is 36.8 Å². The fourth-order valence-electron chi connectivity index (χ4n) is 2.31. The molecule has 1 fully saturated rings. The van der Waals surface area contributed by atoms with E-state index in [1.165, 1.54) is 11.8 Å². The summed E-state index contributed by atoms with van der Waals surface area (Å²) in [6.07, 6.45) is 1.50. The summed E-state index contributed by atoms with van der Waals surface area (Å²) in [6, 6.07) is 5.33. The Balaban J connectivity index is 1.70. The predicted molar refractivity (Wildman–Crippen MR) is 88.9 cm³/mol. The molecule has 0 radical (unpaired) electrons. The zero-order valence-electron chi connectivity index (χ0n) is 12.9. The highest BCUT2D eigenvalue weighted by molar-refractivity contribution is 7.99. The van der Waals surface area contributed by atoms with Crippen LogP contribution in [0.5, 0.6) is 11.5 Å². The molecule has 3 N–H and O–H groups in total. The monoisotopic (exact) mass is 350 g/mol. The molecule has 2 aromatic heterocycles. The molecule has 0 amide bonds. The number of ether oxygens (including phenoxy) is 2. The summed E-state index contributed by atoms with van der Waals surface area (Å²) in [4.78, 5) is 8.41. The number of aromatic nitrogens is 2. The molecule has 24 heavy (non-hydrogen) atoms. The lowest BCUT2D eigenvalue weighted by Gasteiger charge is -2.34. The van der Waals surface area contributed by atoms with Crippen molar-refractivity contribution >= 4 is 11.8 Å². The molecular formula is C16H18N2O5S. The molecule has 2 aromatic rings. The van der Waals surface area contributed by atoms with E-state index in [0.29, 0.717) is 22.9 Å². The van der Waals surface area contributed by atoms with E-state index in [9.17, 15) is 15.3 Å². The molecule has 0 bridgehead atoms. The van der Waals surface area contributed by atoms with E-state index in [1.807, 2.05) is 6.07 Å². The normalized spacial score (nSPS) is 26.8. The number of aliphatic hydroxyl groups is 3. The third kappa shape index (κ3) is 3.62.